The Kier molecular flexibility index (Phi) is 4.72. The Hall–Kier alpha value is -0.960. The van der Waals surface area contributed by atoms with Gasteiger partial charge < -0.3 is 0 Å². The number of hydrogen-bond acceptors (Lipinski definition) is 4. The molecule has 0 saturated carbocycles. The minimum absolute atomic E-state index is 0.0191. The van der Waals surface area contributed by atoms with Gasteiger partial charge in [-0.1, -0.05) is 19.4 Å². The lowest BCUT2D eigenvalue weighted by atomic mass is 10.0. The first-order valence-electron chi connectivity index (χ1n) is 6.91. The van der Waals surface area contributed by atoms with Crippen LogP contribution in [0.3, 0.4) is 0 Å². The van der Waals surface area contributed by atoms with Gasteiger partial charge in [0.25, 0.3) is 0 Å². The summed E-state index contributed by atoms with van der Waals surface area (Å²) in [7, 11) is -7.61. The first-order chi connectivity index (χ1) is 9.76. The molecule has 2 N–H and O–H groups in total. The number of benzene rings is 1. The van der Waals surface area contributed by atoms with E-state index in [4.69, 9.17) is 5.14 Å². The van der Waals surface area contributed by atoms with Gasteiger partial charge >= 0.3 is 0 Å². The molecule has 6 nitrogen and oxygen atoms in total. The molecule has 1 aliphatic heterocycles. The molecule has 8 heteroatoms. The molecule has 0 amide bonds. The van der Waals surface area contributed by atoms with Crippen LogP contribution in [-0.4, -0.2) is 33.7 Å². The molecule has 1 fully saturated rings. The summed E-state index contributed by atoms with van der Waals surface area (Å²) in [5.41, 5.74) is 0. The maximum atomic E-state index is 12.7. The summed E-state index contributed by atoms with van der Waals surface area (Å²) in [6.07, 6.45) is 3.42. The van der Waals surface area contributed by atoms with Gasteiger partial charge in [0.2, 0.25) is 20.0 Å². The van der Waals surface area contributed by atoms with Crippen molar-refractivity contribution in [2.75, 3.05) is 6.54 Å². The lowest BCUT2D eigenvalue weighted by molar-refractivity contribution is 0.246. The second-order valence-corrected chi connectivity index (χ2v) is 8.65. The summed E-state index contributed by atoms with van der Waals surface area (Å²) in [6.45, 7) is 2.43. The Morgan fingerprint density at radius 1 is 1.19 bits per heavy atom. The van der Waals surface area contributed by atoms with E-state index < -0.39 is 20.0 Å². The summed E-state index contributed by atoms with van der Waals surface area (Å²) >= 11 is 0. The number of nitrogens with two attached hydrogens (primary N) is 1. The molecule has 0 aromatic heterocycles. The van der Waals surface area contributed by atoms with E-state index in [0.29, 0.717) is 6.54 Å². The molecular weight excluding hydrogens is 312 g/mol. The second kappa shape index (κ2) is 6.04. The molecule has 1 heterocycles. The van der Waals surface area contributed by atoms with E-state index in [9.17, 15) is 16.8 Å². The fourth-order valence-electron chi connectivity index (χ4n) is 2.65. The molecule has 118 valence electrons. The molecule has 1 aromatic carbocycles. The van der Waals surface area contributed by atoms with Gasteiger partial charge in [-0.3, -0.25) is 0 Å². The van der Waals surface area contributed by atoms with E-state index in [0.717, 1.165) is 31.7 Å². The van der Waals surface area contributed by atoms with Crippen LogP contribution in [0.1, 0.15) is 32.6 Å². The zero-order valence-corrected chi connectivity index (χ0v) is 13.5. The number of sulfonamides is 2. The Morgan fingerprint density at radius 3 is 2.48 bits per heavy atom. The minimum atomic E-state index is -3.92. The Morgan fingerprint density at radius 2 is 1.86 bits per heavy atom. The lowest BCUT2D eigenvalue weighted by Gasteiger charge is -2.34. The molecule has 2 rings (SSSR count). The normalized spacial score (nSPS) is 21.3. The SMILES string of the molecule is CCC1CCCCN1S(=O)(=O)c1cccc(S(N)(=O)=O)c1. The molecule has 1 saturated heterocycles. The van der Waals surface area contributed by atoms with E-state index in [1.165, 1.54) is 22.5 Å². The van der Waals surface area contributed by atoms with Crippen LogP contribution in [0.15, 0.2) is 34.1 Å². The Labute approximate surface area is 126 Å². The molecule has 0 bridgehead atoms. The summed E-state index contributed by atoms with van der Waals surface area (Å²) < 4.78 is 49.7. The Bertz CT molecular complexity index is 713. The van der Waals surface area contributed by atoms with E-state index >= 15 is 0 Å². The minimum Gasteiger partial charge on any atom is -0.225 e. The zero-order valence-electron chi connectivity index (χ0n) is 11.9. The van der Waals surface area contributed by atoms with Crippen LogP contribution < -0.4 is 5.14 Å². The number of piperidine rings is 1. The molecule has 21 heavy (non-hydrogen) atoms. The largest absolute Gasteiger partial charge is 0.243 e. The van der Waals surface area contributed by atoms with E-state index in [1.807, 2.05) is 6.92 Å². The van der Waals surface area contributed by atoms with Gasteiger partial charge in [-0.15, -0.1) is 0 Å². The van der Waals surface area contributed by atoms with Crippen molar-refractivity contribution in [2.24, 2.45) is 5.14 Å². The highest BCUT2D eigenvalue weighted by Gasteiger charge is 2.32. The topological polar surface area (TPSA) is 97.5 Å². The van der Waals surface area contributed by atoms with Crippen molar-refractivity contribution in [1.82, 2.24) is 4.31 Å². The van der Waals surface area contributed by atoms with Crippen LogP contribution in [0.5, 0.6) is 0 Å². The van der Waals surface area contributed by atoms with E-state index in [-0.39, 0.29) is 15.8 Å². The van der Waals surface area contributed by atoms with Crippen molar-refractivity contribution in [3.05, 3.63) is 24.3 Å². The van der Waals surface area contributed by atoms with Crippen LogP contribution in [-0.2, 0) is 20.0 Å². The Balaban J connectivity index is 2.44. The van der Waals surface area contributed by atoms with Gasteiger partial charge in [0.1, 0.15) is 0 Å². The van der Waals surface area contributed by atoms with Gasteiger partial charge in [-0.25, -0.2) is 22.0 Å². The summed E-state index contributed by atoms with van der Waals surface area (Å²) in [4.78, 5) is -0.206. The van der Waals surface area contributed by atoms with Crippen LogP contribution >= 0.6 is 0 Å². The highest BCUT2D eigenvalue weighted by atomic mass is 32.2. The first kappa shape index (κ1) is 16.4. The number of primary sulfonamides is 1. The number of hydrogen-bond donors (Lipinski definition) is 1. The van der Waals surface area contributed by atoms with Crippen LogP contribution in [0, 0.1) is 0 Å². The average Bonchev–Trinajstić information content (AvgIpc) is 2.46. The van der Waals surface area contributed by atoms with Gasteiger partial charge in [0.05, 0.1) is 9.79 Å². The predicted octanol–water partition coefficient (Wildman–Crippen LogP) is 1.29. The first-order valence-corrected chi connectivity index (χ1v) is 9.90. The van der Waals surface area contributed by atoms with Crippen LogP contribution in [0.4, 0.5) is 0 Å². The summed E-state index contributed by atoms with van der Waals surface area (Å²) in [5, 5.41) is 5.06. The molecule has 1 atom stereocenters. The molecular formula is C13H20N2O4S2. The summed E-state index contributed by atoms with van der Waals surface area (Å²) in [6, 6.07) is 5.21. The summed E-state index contributed by atoms with van der Waals surface area (Å²) in [5.74, 6) is 0. The van der Waals surface area contributed by atoms with E-state index in [1.54, 1.807) is 0 Å². The number of nitrogens with zero attached hydrogens (tertiary/aromatic N) is 1. The fraction of sp³-hybridized carbons (Fsp3) is 0.538. The lowest BCUT2D eigenvalue weighted by Crippen LogP contribution is -2.43. The highest BCUT2D eigenvalue weighted by Crippen LogP contribution is 2.27. The van der Waals surface area contributed by atoms with Gasteiger partial charge in [-0.2, -0.15) is 4.31 Å². The molecule has 1 aromatic rings. The van der Waals surface area contributed by atoms with Crippen LogP contribution in [0.25, 0.3) is 0 Å². The van der Waals surface area contributed by atoms with Gasteiger partial charge in [0.15, 0.2) is 0 Å². The van der Waals surface area contributed by atoms with Crippen molar-refractivity contribution in [1.29, 1.82) is 0 Å². The average molecular weight is 332 g/mol. The van der Waals surface area contributed by atoms with Crippen molar-refractivity contribution in [2.45, 2.75) is 48.4 Å². The third kappa shape index (κ3) is 3.45. The maximum absolute atomic E-state index is 12.7. The van der Waals surface area contributed by atoms with Crippen molar-refractivity contribution in [3.8, 4) is 0 Å². The fourth-order valence-corrected chi connectivity index (χ4v) is 5.09. The molecule has 1 unspecified atom stereocenters. The zero-order chi connectivity index (χ0) is 15.7. The smallest absolute Gasteiger partial charge is 0.225 e. The molecule has 1 aliphatic rings. The molecule has 0 radical (unpaired) electrons. The van der Waals surface area contributed by atoms with Gasteiger partial charge in [0, 0.05) is 12.6 Å². The van der Waals surface area contributed by atoms with Crippen molar-refractivity contribution >= 4 is 20.0 Å². The number of rotatable bonds is 4. The standard InChI is InChI=1S/C13H20N2O4S2/c1-2-11-6-3-4-9-15(11)21(18,19)13-8-5-7-12(10-13)20(14,16)17/h5,7-8,10-11H,2-4,6,9H2,1H3,(H2,14,16,17). The molecule has 0 aliphatic carbocycles. The monoisotopic (exact) mass is 332 g/mol. The van der Waals surface area contributed by atoms with Crippen molar-refractivity contribution in [3.63, 3.8) is 0 Å². The third-order valence-corrected chi connectivity index (χ3v) is 6.64. The maximum Gasteiger partial charge on any atom is 0.243 e. The van der Waals surface area contributed by atoms with Gasteiger partial charge in [-0.05, 0) is 37.5 Å². The quantitative estimate of drug-likeness (QED) is 0.898. The third-order valence-electron chi connectivity index (χ3n) is 3.78. The van der Waals surface area contributed by atoms with Crippen LogP contribution in [0.2, 0.25) is 0 Å². The second-order valence-electron chi connectivity index (χ2n) is 5.19. The van der Waals surface area contributed by atoms with E-state index in [2.05, 4.69) is 0 Å². The van der Waals surface area contributed by atoms with Crippen molar-refractivity contribution < 1.29 is 16.8 Å². The predicted molar refractivity (Wildman–Crippen MR) is 79.6 cm³/mol. The molecule has 0 spiro atoms. The highest BCUT2D eigenvalue weighted by molar-refractivity contribution is 7.90.